The summed E-state index contributed by atoms with van der Waals surface area (Å²) in [6, 6.07) is 0. The Kier molecular flexibility index (Phi) is 6.59. The second-order valence-corrected chi connectivity index (χ2v) is 13.2. The van der Waals surface area contributed by atoms with Gasteiger partial charge in [0.1, 0.15) is 0 Å². The third-order valence-electron chi connectivity index (χ3n) is 11.2. The quantitative estimate of drug-likeness (QED) is 0.424. The normalized spacial score (nSPS) is 44.1. The molecular formula is C30H50O. The molecule has 31 heavy (non-hydrogen) atoms. The Morgan fingerprint density at radius 3 is 2.39 bits per heavy atom. The summed E-state index contributed by atoms with van der Waals surface area (Å²) in [5.41, 5.74) is 4.20. The first-order valence-corrected chi connectivity index (χ1v) is 13.6. The highest BCUT2D eigenvalue weighted by atomic mass is 16.3. The number of hydrogen-bond acceptors (Lipinski definition) is 1. The SMILES string of the molecule is C=C(C)[C@@H](CC[C@@H](C)[C@H]1CC[C@H]2C3=CC[C@H]4C[C@@H](O)CC[C@]4(C)[C@H]3CC[C@]12C)C(C)C. The molecule has 4 aliphatic carbocycles. The van der Waals surface area contributed by atoms with Crippen LogP contribution in [0.3, 0.4) is 0 Å². The molecule has 0 aromatic heterocycles. The Morgan fingerprint density at radius 1 is 1.03 bits per heavy atom. The van der Waals surface area contributed by atoms with Crippen molar-refractivity contribution in [2.75, 3.05) is 0 Å². The van der Waals surface area contributed by atoms with Gasteiger partial charge in [-0.05, 0) is 123 Å². The van der Waals surface area contributed by atoms with Gasteiger partial charge in [-0.3, -0.25) is 0 Å². The number of aliphatic hydroxyl groups excluding tert-OH is 1. The number of rotatable bonds is 6. The molecule has 4 rings (SSSR count). The van der Waals surface area contributed by atoms with Gasteiger partial charge in [-0.2, -0.15) is 0 Å². The van der Waals surface area contributed by atoms with Gasteiger partial charge in [-0.15, -0.1) is 0 Å². The predicted octanol–water partition coefficient (Wildman–Crippen LogP) is 8.19. The minimum Gasteiger partial charge on any atom is -0.393 e. The van der Waals surface area contributed by atoms with Crippen molar-refractivity contribution in [2.24, 2.45) is 52.3 Å². The van der Waals surface area contributed by atoms with Crippen molar-refractivity contribution in [3.05, 3.63) is 23.8 Å². The first-order valence-electron chi connectivity index (χ1n) is 13.6. The summed E-state index contributed by atoms with van der Waals surface area (Å²) in [5.74, 6) is 5.43. The van der Waals surface area contributed by atoms with Crippen LogP contribution in [0.1, 0.15) is 106 Å². The molecule has 0 radical (unpaired) electrons. The first-order chi connectivity index (χ1) is 14.6. The van der Waals surface area contributed by atoms with Gasteiger partial charge in [0.2, 0.25) is 0 Å². The fourth-order valence-corrected chi connectivity index (χ4v) is 9.26. The third-order valence-corrected chi connectivity index (χ3v) is 11.2. The van der Waals surface area contributed by atoms with E-state index >= 15 is 0 Å². The van der Waals surface area contributed by atoms with E-state index in [1.54, 1.807) is 0 Å². The van der Waals surface area contributed by atoms with E-state index in [9.17, 15) is 5.11 Å². The van der Waals surface area contributed by atoms with E-state index < -0.39 is 0 Å². The number of hydrogen-bond donors (Lipinski definition) is 1. The predicted molar refractivity (Wildman–Crippen MR) is 133 cm³/mol. The molecule has 0 aliphatic heterocycles. The molecule has 9 atom stereocenters. The summed E-state index contributed by atoms with van der Waals surface area (Å²) in [6.45, 7) is 19.1. The van der Waals surface area contributed by atoms with Crippen molar-refractivity contribution in [3.63, 3.8) is 0 Å². The van der Waals surface area contributed by atoms with Gasteiger partial charge in [-0.25, -0.2) is 0 Å². The van der Waals surface area contributed by atoms with E-state index in [2.05, 4.69) is 54.2 Å². The van der Waals surface area contributed by atoms with Crippen LogP contribution in [0.4, 0.5) is 0 Å². The summed E-state index contributed by atoms with van der Waals surface area (Å²) < 4.78 is 0. The molecule has 1 heteroatoms. The van der Waals surface area contributed by atoms with Crippen LogP contribution < -0.4 is 0 Å². The highest BCUT2D eigenvalue weighted by Gasteiger charge is 2.58. The lowest BCUT2D eigenvalue weighted by Crippen LogP contribution is -2.49. The molecule has 3 saturated carbocycles. The second kappa shape index (κ2) is 8.66. The maximum absolute atomic E-state index is 10.3. The zero-order chi connectivity index (χ0) is 22.6. The van der Waals surface area contributed by atoms with Gasteiger partial charge in [0, 0.05) is 0 Å². The molecule has 0 aromatic carbocycles. The van der Waals surface area contributed by atoms with Crippen LogP contribution in [0.15, 0.2) is 23.8 Å². The monoisotopic (exact) mass is 426 g/mol. The molecule has 0 saturated heterocycles. The molecule has 0 unspecified atom stereocenters. The molecular weight excluding hydrogens is 376 g/mol. The van der Waals surface area contributed by atoms with E-state index in [1.165, 1.54) is 56.9 Å². The lowest BCUT2D eigenvalue weighted by molar-refractivity contribution is -0.0428. The van der Waals surface area contributed by atoms with Crippen molar-refractivity contribution in [2.45, 2.75) is 112 Å². The van der Waals surface area contributed by atoms with Crippen LogP contribution in [0.2, 0.25) is 0 Å². The fourth-order valence-electron chi connectivity index (χ4n) is 9.26. The smallest absolute Gasteiger partial charge is 0.0543 e. The van der Waals surface area contributed by atoms with Crippen molar-refractivity contribution >= 4 is 0 Å². The third kappa shape index (κ3) is 4.00. The summed E-state index contributed by atoms with van der Waals surface area (Å²) in [5, 5.41) is 10.3. The van der Waals surface area contributed by atoms with Gasteiger partial charge < -0.3 is 5.11 Å². The van der Waals surface area contributed by atoms with E-state index in [0.717, 1.165) is 36.5 Å². The topological polar surface area (TPSA) is 20.2 Å². The highest BCUT2D eigenvalue weighted by Crippen LogP contribution is 2.67. The molecule has 176 valence electrons. The minimum atomic E-state index is -0.0486. The molecule has 0 amide bonds. The summed E-state index contributed by atoms with van der Waals surface area (Å²) in [4.78, 5) is 0. The van der Waals surface area contributed by atoms with Gasteiger partial charge in [-0.1, -0.05) is 58.4 Å². The minimum absolute atomic E-state index is 0.0486. The molecule has 3 fully saturated rings. The zero-order valence-corrected chi connectivity index (χ0v) is 21.4. The number of fused-ring (bicyclic) bond motifs is 5. The maximum atomic E-state index is 10.3. The van der Waals surface area contributed by atoms with Gasteiger partial charge in [0.25, 0.3) is 0 Å². The molecule has 1 nitrogen and oxygen atoms in total. The Bertz CT molecular complexity index is 703. The Balaban J connectivity index is 1.48. The van der Waals surface area contributed by atoms with Gasteiger partial charge >= 0.3 is 0 Å². The van der Waals surface area contributed by atoms with E-state index in [1.807, 2.05) is 5.57 Å². The maximum Gasteiger partial charge on any atom is 0.0543 e. The Labute approximate surface area is 193 Å². The molecule has 0 bridgehead atoms. The van der Waals surface area contributed by atoms with Crippen molar-refractivity contribution in [1.82, 2.24) is 0 Å². The average molecular weight is 427 g/mol. The first kappa shape index (κ1) is 23.6. The summed E-state index contributed by atoms with van der Waals surface area (Å²) in [6.07, 6.45) is 15.5. The van der Waals surface area contributed by atoms with E-state index in [-0.39, 0.29) is 6.10 Å². The van der Waals surface area contributed by atoms with Crippen LogP contribution in [0, 0.1) is 52.3 Å². The molecule has 4 aliphatic rings. The second-order valence-electron chi connectivity index (χ2n) is 13.2. The Hall–Kier alpha value is -0.560. The lowest BCUT2D eigenvalue weighted by atomic mass is 9.47. The zero-order valence-electron chi connectivity index (χ0n) is 21.4. The van der Waals surface area contributed by atoms with Crippen LogP contribution in [0.25, 0.3) is 0 Å². The molecule has 1 N–H and O–H groups in total. The van der Waals surface area contributed by atoms with E-state index in [0.29, 0.717) is 28.6 Å². The molecule has 0 heterocycles. The van der Waals surface area contributed by atoms with Crippen LogP contribution in [-0.4, -0.2) is 11.2 Å². The van der Waals surface area contributed by atoms with Crippen molar-refractivity contribution in [3.8, 4) is 0 Å². The number of allylic oxidation sites excluding steroid dienone is 3. The number of aliphatic hydroxyl groups is 1. The summed E-state index contributed by atoms with van der Waals surface area (Å²) >= 11 is 0. The highest BCUT2D eigenvalue weighted by molar-refractivity contribution is 5.27. The van der Waals surface area contributed by atoms with Crippen molar-refractivity contribution in [1.29, 1.82) is 0 Å². The van der Waals surface area contributed by atoms with Crippen LogP contribution in [0.5, 0.6) is 0 Å². The molecule has 0 spiro atoms. The van der Waals surface area contributed by atoms with Crippen molar-refractivity contribution < 1.29 is 5.11 Å². The summed E-state index contributed by atoms with van der Waals surface area (Å²) in [7, 11) is 0. The average Bonchev–Trinajstić information content (AvgIpc) is 3.05. The van der Waals surface area contributed by atoms with E-state index in [4.69, 9.17) is 0 Å². The largest absolute Gasteiger partial charge is 0.393 e. The molecule has 0 aromatic rings. The fraction of sp³-hybridized carbons (Fsp3) is 0.867. The Morgan fingerprint density at radius 2 is 1.71 bits per heavy atom. The van der Waals surface area contributed by atoms with Gasteiger partial charge in [0.05, 0.1) is 6.10 Å². The lowest BCUT2D eigenvalue weighted by Gasteiger charge is -2.57. The van der Waals surface area contributed by atoms with Crippen LogP contribution in [-0.2, 0) is 0 Å². The standard InChI is InChI=1S/C30H50O/c1-19(2)24(20(3)4)10-8-21(5)26-12-13-27-25-11-9-22-18-23(31)14-16-29(22,6)28(25)15-17-30(26,27)7/h11,20-24,26-28,31H,1,8-10,12-18H2,2-7H3/t21-,22+,23+,24-,26-,27+,28+,29+,30-/m1/s1. The van der Waals surface area contributed by atoms with Gasteiger partial charge in [0.15, 0.2) is 0 Å². The van der Waals surface area contributed by atoms with Crippen LogP contribution >= 0.6 is 0 Å².